The molecule has 0 aliphatic heterocycles. The number of hydrogen-bond donors (Lipinski definition) is 1. The third-order valence-corrected chi connectivity index (χ3v) is 4.97. The van der Waals surface area contributed by atoms with Gasteiger partial charge in [-0.1, -0.05) is 6.07 Å². The van der Waals surface area contributed by atoms with Crippen LogP contribution in [0.2, 0.25) is 0 Å². The molecule has 20 heavy (non-hydrogen) atoms. The van der Waals surface area contributed by atoms with E-state index < -0.39 is 19.9 Å². The molecule has 8 heteroatoms. The third kappa shape index (κ3) is 3.34. The average molecular weight is 312 g/mol. The molecule has 1 aromatic carbocycles. The minimum Gasteiger partial charge on any atom is -0.280 e. The molecule has 0 spiro atoms. The van der Waals surface area contributed by atoms with E-state index in [2.05, 4.69) is 9.71 Å². The molecule has 1 aromatic heterocycles. The van der Waals surface area contributed by atoms with Gasteiger partial charge >= 0.3 is 0 Å². The second-order valence-corrected chi connectivity index (χ2v) is 7.79. The van der Waals surface area contributed by atoms with Crippen molar-refractivity contribution < 1.29 is 16.8 Å². The molecule has 1 N–H and O–H groups in total. The summed E-state index contributed by atoms with van der Waals surface area (Å²) in [6.45, 7) is 0. The van der Waals surface area contributed by atoms with Crippen molar-refractivity contribution in [3.05, 3.63) is 48.8 Å². The number of sulfonamides is 1. The van der Waals surface area contributed by atoms with E-state index in [4.69, 9.17) is 0 Å². The third-order valence-electron chi connectivity index (χ3n) is 2.48. The van der Waals surface area contributed by atoms with Crippen LogP contribution in [0, 0.1) is 0 Å². The van der Waals surface area contributed by atoms with Crippen molar-refractivity contribution in [3.8, 4) is 0 Å². The van der Waals surface area contributed by atoms with Crippen LogP contribution in [0.5, 0.6) is 0 Å². The molecule has 2 rings (SSSR count). The summed E-state index contributed by atoms with van der Waals surface area (Å²) in [5, 5.41) is 0. The lowest BCUT2D eigenvalue weighted by Gasteiger charge is -2.08. The summed E-state index contributed by atoms with van der Waals surface area (Å²) in [6.07, 6.45) is 3.92. The van der Waals surface area contributed by atoms with Crippen LogP contribution in [-0.2, 0) is 19.9 Å². The molecule has 1 heterocycles. The molecule has 0 saturated carbocycles. The Bertz CT molecular complexity index is 816. The van der Waals surface area contributed by atoms with E-state index >= 15 is 0 Å². The average Bonchev–Trinajstić information content (AvgIpc) is 2.38. The first-order chi connectivity index (χ1) is 9.29. The number of nitrogens with one attached hydrogen (secondary N) is 1. The normalized spacial score (nSPS) is 12.1. The number of nitrogens with zero attached hydrogens (tertiary/aromatic N) is 1. The molecular weight excluding hydrogens is 300 g/mol. The fourth-order valence-corrected chi connectivity index (χ4v) is 3.35. The van der Waals surface area contributed by atoms with Crippen molar-refractivity contribution in [1.29, 1.82) is 0 Å². The molecule has 0 aliphatic carbocycles. The van der Waals surface area contributed by atoms with E-state index in [1.165, 1.54) is 42.7 Å². The minimum absolute atomic E-state index is 0.0462. The van der Waals surface area contributed by atoms with Crippen LogP contribution in [0.4, 0.5) is 5.69 Å². The molecule has 0 fully saturated rings. The van der Waals surface area contributed by atoms with Crippen LogP contribution in [-0.4, -0.2) is 28.1 Å². The Hall–Kier alpha value is -1.93. The summed E-state index contributed by atoms with van der Waals surface area (Å²) < 4.78 is 49.6. The summed E-state index contributed by atoms with van der Waals surface area (Å²) >= 11 is 0. The standard InChI is InChI=1S/C12H12N2O4S2/c1-19(15,16)11-3-2-4-12(9-11)20(17,18)14-10-5-7-13-8-6-10/h2-9H,1H3,(H,13,14). The maximum Gasteiger partial charge on any atom is 0.261 e. The van der Waals surface area contributed by atoms with Crippen molar-refractivity contribution in [2.24, 2.45) is 0 Å². The van der Waals surface area contributed by atoms with Crippen LogP contribution >= 0.6 is 0 Å². The quantitative estimate of drug-likeness (QED) is 0.918. The fourth-order valence-electron chi connectivity index (χ4n) is 1.51. The van der Waals surface area contributed by atoms with Gasteiger partial charge in [-0.05, 0) is 30.3 Å². The molecule has 0 bridgehead atoms. The van der Waals surface area contributed by atoms with Crippen LogP contribution in [0.3, 0.4) is 0 Å². The molecule has 0 aliphatic rings. The first-order valence-corrected chi connectivity index (χ1v) is 8.89. The number of pyridine rings is 1. The minimum atomic E-state index is -3.84. The van der Waals surface area contributed by atoms with E-state index in [-0.39, 0.29) is 9.79 Å². The number of benzene rings is 1. The molecule has 106 valence electrons. The lowest BCUT2D eigenvalue weighted by Crippen LogP contribution is -2.13. The Morgan fingerprint density at radius 1 is 0.950 bits per heavy atom. The highest BCUT2D eigenvalue weighted by Crippen LogP contribution is 2.18. The van der Waals surface area contributed by atoms with Crippen LogP contribution in [0.25, 0.3) is 0 Å². The number of hydrogen-bond acceptors (Lipinski definition) is 5. The van der Waals surface area contributed by atoms with Crippen LogP contribution < -0.4 is 4.72 Å². The van der Waals surface area contributed by atoms with E-state index in [0.29, 0.717) is 5.69 Å². The van der Waals surface area contributed by atoms with Crippen molar-refractivity contribution in [2.45, 2.75) is 9.79 Å². The van der Waals surface area contributed by atoms with E-state index in [0.717, 1.165) is 12.3 Å². The molecule has 2 aromatic rings. The van der Waals surface area contributed by atoms with Gasteiger partial charge in [0.2, 0.25) is 0 Å². The van der Waals surface area contributed by atoms with Crippen LogP contribution in [0.15, 0.2) is 58.6 Å². The van der Waals surface area contributed by atoms with Gasteiger partial charge in [0.15, 0.2) is 9.84 Å². The molecule has 0 unspecified atom stereocenters. The summed E-state index contributed by atoms with van der Waals surface area (Å²) in [6, 6.07) is 8.19. The highest BCUT2D eigenvalue weighted by atomic mass is 32.2. The SMILES string of the molecule is CS(=O)(=O)c1cccc(S(=O)(=O)Nc2ccncc2)c1. The maximum atomic E-state index is 12.2. The highest BCUT2D eigenvalue weighted by molar-refractivity contribution is 7.93. The van der Waals surface area contributed by atoms with Gasteiger partial charge in [-0.2, -0.15) is 0 Å². The molecule has 6 nitrogen and oxygen atoms in total. The molecule has 0 amide bonds. The molecule has 0 saturated heterocycles. The Morgan fingerprint density at radius 3 is 2.15 bits per heavy atom. The predicted molar refractivity (Wildman–Crippen MR) is 74.6 cm³/mol. The van der Waals surface area contributed by atoms with Crippen molar-refractivity contribution in [2.75, 3.05) is 11.0 Å². The van der Waals surface area contributed by atoms with Gasteiger partial charge in [0.05, 0.1) is 15.5 Å². The lowest BCUT2D eigenvalue weighted by atomic mass is 10.4. The zero-order valence-electron chi connectivity index (χ0n) is 10.5. The zero-order chi connectivity index (χ0) is 14.8. The first-order valence-electron chi connectivity index (χ1n) is 5.52. The first kappa shape index (κ1) is 14.5. The smallest absolute Gasteiger partial charge is 0.261 e. The highest BCUT2D eigenvalue weighted by Gasteiger charge is 2.17. The molecule has 0 radical (unpaired) electrons. The summed E-state index contributed by atoms with van der Waals surface area (Å²) in [4.78, 5) is 3.62. The van der Waals surface area contributed by atoms with Gasteiger partial charge in [-0.3, -0.25) is 9.71 Å². The monoisotopic (exact) mass is 312 g/mol. The summed E-state index contributed by atoms with van der Waals surface area (Å²) in [5.41, 5.74) is 0.352. The number of rotatable bonds is 4. The summed E-state index contributed by atoms with van der Waals surface area (Å²) in [5.74, 6) is 0. The maximum absolute atomic E-state index is 12.2. The van der Waals surface area contributed by atoms with Gasteiger partial charge in [0, 0.05) is 18.6 Å². The van der Waals surface area contributed by atoms with Gasteiger partial charge in [-0.25, -0.2) is 16.8 Å². The van der Waals surface area contributed by atoms with Crippen molar-refractivity contribution >= 4 is 25.5 Å². The number of aromatic nitrogens is 1. The van der Waals surface area contributed by atoms with Gasteiger partial charge in [0.25, 0.3) is 10.0 Å². The summed E-state index contributed by atoms with van der Waals surface area (Å²) in [7, 11) is -7.30. The van der Waals surface area contributed by atoms with E-state index in [1.807, 2.05) is 0 Å². The zero-order valence-corrected chi connectivity index (χ0v) is 12.1. The van der Waals surface area contributed by atoms with E-state index in [1.54, 1.807) is 0 Å². The second kappa shape index (κ2) is 5.22. The molecular formula is C12H12N2O4S2. The Morgan fingerprint density at radius 2 is 1.55 bits per heavy atom. The van der Waals surface area contributed by atoms with Gasteiger partial charge < -0.3 is 0 Å². The van der Waals surface area contributed by atoms with Crippen molar-refractivity contribution in [1.82, 2.24) is 4.98 Å². The number of anilines is 1. The van der Waals surface area contributed by atoms with Gasteiger partial charge in [-0.15, -0.1) is 0 Å². The lowest BCUT2D eigenvalue weighted by molar-refractivity contribution is 0.599. The fraction of sp³-hybridized carbons (Fsp3) is 0.0833. The van der Waals surface area contributed by atoms with Gasteiger partial charge in [0.1, 0.15) is 0 Å². The van der Waals surface area contributed by atoms with E-state index in [9.17, 15) is 16.8 Å². The Labute approximate surface area is 117 Å². The Balaban J connectivity index is 2.40. The van der Waals surface area contributed by atoms with Crippen molar-refractivity contribution in [3.63, 3.8) is 0 Å². The topological polar surface area (TPSA) is 93.2 Å². The Kier molecular flexibility index (Phi) is 3.78. The second-order valence-electron chi connectivity index (χ2n) is 4.09. The predicted octanol–water partition coefficient (Wildman–Crippen LogP) is 1.29. The largest absolute Gasteiger partial charge is 0.280 e. The number of sulfone groups is 1. The van der Waals surface area contributed by atoms with Crippen LogP contribution in [0.1, 0.15) is 0 Å². The molecule has 0 atom stereocenters.